The van der Waals surface area contributed by atoms with E-state index in [0.29, 0.717) is 12.2 Å². The van der Waals surface area contributed by atoms with Crippen LogP contribution in [0.1, 0.15) is 13.3 Å². The van der Waals surface area contributed by atoms with Gasteiger partial charge in [-0.2, -0.15) is 5.10 Å². The SMILES string of the molecule is CCN1C(=O)CC(Nc2cnn(CC(=O)NC)c2)C1=O. The summed E-state index contributed by atoms with van der Waals surface area (Å²) in [6.45, 7) is 2.25. The average molecular weight is 279 g/mol. The van der Waals surface area contributed by atoms with Gasteiger partial charge in [-0.25, -0.2) is 0 Å². The third-order valence-corrected chi connectivity index (χ3v) is 3.12. The van der Waals surface area contributed by atoms with Crippen LogP contribution in [-0.2, 0) is 20.9 Å². The lowest BCUT2D eigenvalue weighted by molar-refractivity contribution is -0.138. The van der Waals surface area contributed by atoms with Gasteiger partial charge < -0.3 is 10.6 Å². The summed E-state index contributed by atoms with van der Waals surface area (Å²) in [6, 6.07) is -0.555. The van der Waals surface area contributed by atoms with Gasteiger partial charge in [-0.3, -0.25) is 24.0 Å². The molecular weight excluding hydrogens is 262 g/mol. The van der Waals surface area contributed by atoms with Crippen molar-refractivity contribution < 1.29 is 14.4 Å². The first-order chi connectivity index (χ1) is 9.55. The molecule has 1 aliphatic rings. The molecule has 2 N–H and O–H groups in total. The zero-order valence-corrected chi connectivity index (χ0v) is 11.4. The zero-order chi connectivity index (χ0) is 14.7. The molecule has 2 heterocycles. The highest BCUT2D eigenvalue weighted by molar-refractivity contribution is 6.06. The number of hydrogen-bond acceptors (Lipinski definition) is 5. The molecule has 0 bridgehead atoms. The van der Waals surface area contributed by atoms with Gasteiger partial charge in [-0.05, 0) is 6.92 Å². The second-order valence-electron chi connectivity index (χ2n) is 4.48. The lowest BCUT2D eigenvalue weighted by Crippen LogP contribution is -2.34. The van der Waals surface area contributed by atoms with Crippen molar-refractivity contribution in [2.45, 2.75) is 25.9 Å². The molecule has 0 aromatic carbocycles. The van der Waals surface area contributed by atoms with E-state index in [1.54, 1.807) is 20.2 Å². The van der Waals surface area contributed by atoms with Gasteiger partial charge >= 0.3 is 0 Å². The summed E-state index contributed by atoms with van der Waals surface area (Å²) in [5.74, 6) is -0.562. The average Bonchev–Trinajstić information content (AvgIpc) is 2.95. The number of hydrogen-bond donors (Lipinski definition) is 2. The molecule has 1 aliphatic heterocycles. The smallest absolute Gasteiger partial charge is 0.252 e. The van der Waals surface area contributed by atoms with Crippen molar-refractivity contribution in [3.63, 3.8) is 0 Å². The molecule has 0 spiro atoms. The van der Waals surface area contributed by atoms with Gasteiger partial charge in [0, 0.05) is 19.8 Å². The third-order valence-electron chi connectivity index (χ3n) is 3.12. The molecule has 1 aromatic heterocycles. The van der Waals surface area contributed by atoms with E-state index in [9.17, 15) is 14.4 Å². The minimum absolute atomic E-state index is 0.108. The minimum Gasteiger partial charge on any atom is -0.371 e. The normalized spacial score (nSPS) is 18.5. The molecule has 1 fully saturated rings. The second kappa shape index (κ2) is 5.72. The zero-order valence-electron chi connectivity index (χ0n) is 11.4. The number of anilines is 1. The molecule has 1 atom stereocenters. The maximum Gasteiger partial charge on any atom is 0.252 e. The van der Waals surface area contributed by atoms with E-state index in [0.717, 1.165) is 0 Å². The fraction of sp³-hybridized carbons (Fsp3) is 0.500. The summed E-state index contributed by atoms with van der Waals surface area (Å²) in [5.41, 5.74) is 0.609. The summed E-state index contributed by atoms with van der Waals surface area (Å²) in [4.78, 5) is 36.0. The van der Waals surface area contributed by atoms with Crippen molar-refractivity contribution in [1.82, 2.24) is 20.0 Å². The number of likely N-dealkylation sites (tertiary alicyclic amines) is 1. The highest BCUT2D eigenvalue weighted by Crippen LogP contribution is 2.17. The highest BCUT2D eigenvalue weighted by atomic mass is 16.2. The number of likely N-dealkylation sites (N-methyl/N-ethyl adjacent to an activating group) is 2. The number of nitrogens with zero attached hydrogens (tertiary/aromatic N) is 3. The second-order valence-corrected chi connectivity index (χ2v) is 4.48. The summed E-state index contributed by atoms with van der Waals surface area (Å²) < 4.78 is 1.46. The molecule has 8 nitrogen and oxygen atoms in total. The van der Waals surface area contributed by atoms with Gasteiger partial charge in [0.15, 0.2) is 0 Å². The first-order valence-corrected chi connectivity index (χ1v) is 6.39. The van der Waals surface area contributed by atoms with Crippen molar-refractivity contribution in [3.05, 3.63) is 12.4 Å². The summed E-state index contributed by atoms with van der Waals surface area (Å²) in [5, 5.41) is 9.48. The molecule has 1 unspecified atom stereocenters. The Morgan fingerprint density at radius 3 is 2.85 bits per heavy atom. The Labute approximate surface area is 116 Å². The third kappa shape index (κ3) is 2.79. The molecule has 0 radical (unpaired) electrons. The molecule has 1 aromatic rings. The van der Waals surface area contributed by atoms with Crippen molar-refractivity contribution in [2.24, 2.45) is 0 Å². The molecule has 3 amide bonds. The van der Waals surface area contributed by atoms with Crippen LogP contribution in [0.3, 0.4) is 0 Å². The first kappa shape index (κ1) is 14.0. The largest absolute Gasteiger partial charge is 0.371 e. The number of imide groups is 1. The van der Waals surface area contributed by atoms with Crippen LogP contribution in [0.5, 0.6) is 0 Å². The standard InChI is InChI=1S/C12H17N5O3/c1-3-17-11(19)4-9(12(17)20)15-8-5-14-16(6-8)7-10(18)13-2/h5-6,9,15H,3-4,7H2,1-2H3,(H,13,18). The van der Waals surface area contributed by atoms with Crippen LogP contribution < -0.4 is 10.6 Å². The summed E-state index contributed by atoms with van der Waals surface area (Å²) in [7, 11) is 1.55. The lowest BCUT2D eigenvalue weighted by Gasteiger charge is -2.12. The summed E-state index contributed by atoms with van der Waals surface area (Å²) >= 11 is 0. The summed E-state index contributed by atoms with van der Waals surface area (Å²) in [6.07, 6.45) is 3.30. The van der Waals surface area contributed by atoms with E-state index in [1.165, 1.54) is 15.8 Å². The Balaban J connectivity index is 1.99. The van der Waals surface area contributed by atoms with Gasteiger partial charge in [0.25, 0.3) is 5.91 Å². The van der Waals surface area contributed by atoms with E-state index in [-0.39, 0.29) is 30.7 Å². The van der Waals surface area contributed by atoms with Crippen LogP contribution in [0.25, 0.3) is 0 Å². The molecule has 20 heavy (non-hydrogen) atoms. The van der Waals surface area contributed by atoms with Gasteiger partial charge in [-0.1, -0.05) is 0 Å². The monoisotopic (exact) mass is 279 g/mol. The number of carbonyl (C=O) groups is 3. The van der Waals surface area contributed by atoms with Crippen LogP contribution in [0, 0.1) is 0 Å². The lowest BCUT2D eigenvalue weighted by atomic mass is 10.2. The minimum atomic E-state index is -0.555. The first-order valence-electron chi connectivity index (χ1n) is 6.39. The predicted molar refractivity (Wildman–Crippen MR) is 70.7 cm³/mol. The Morgan fingerprint density at radius 1 is 1.50 bits per heavy atom. The number of amides is 3. The van der Waals surface area contributed by atoms with Gasteiger partial charge in [0.05, 0.1) is 18.3 Å². The number of rotatable bonds is 5. The van der Waals surface area contributed by atoms with E-state index >= 15 is 0 Å². The predicted octanol–water partition coefficient (Wildman–Crippen LogP) is -0.812. The maximum atomic E-state index is 11.9. The van der Waals surface area contributed by atoms with E-state index in [1.807, 2.05) is 0 Å². The highest BCUT2D eigenvalue weighted by Gasteiger charge is 2.37. The van der Waals surface area contributed by atoms with Crippen molar-refractivity contribution >= 4 is 23.4 Å². The van der Waals surface area contributed by atoms with Crippen molar-refractivity contribution in [1.29, 1.82) is 0 Å². The molecule has 0 aliphatic carbocycles. The van der Waals surface area contributed by atoms with E-state index in [4.69, 9.17) is 0 Å². The molecule has 8 heteroatoms. The topological polar surface area (TPSA) is 96.3 Å². The Hall–Kier alpha value is -2.38. The Bertz CT molecular complexity index is 539. The Morgan fingerprint density at radius 2 is 2.25 bits per heavy atom. The quantitative estimate of drug-likeness (QED) is 0.687. The van der Waals surface area contributed by atoms with Crippen molar-refractivity contribution in [2.75, 3.05) is 18.9 Å². The van der Waals surface area contributed by atoms with E-state index < -0.39 is 6.04 Å². The van der Waals surface area contributed by atoms with Crippen molar-refractivity contribution in [3.8, 4) is 0 Å². The fourth-order valence-electron chi connectivity index (χ4n) is 2.08. The maximum absolute atomic E-state index is 11.9. The molecule has 108 valence electrons. The molecular formula is C12H17N5O3. The van der Waals surface area contributed by atoms with Crippen LogP contribution >= 0.6 is 0 Å². The van der Waals surface area contributed by atoms with Crippen LogP contribution in [0.2, 0.25) is 0 Å². The number of aromatic nitrogens is 2. The van der Waals surface area contributed by atoms with Gasteiger partial charge in [0.2, 0.25) is 11.8 Å². The fourth-order valence-corrected chi connectivity index (χ4v) is 2.08. The van der Waals surface area contributed by atoms with Crippen LogP contribution in [-0.4, -0.2) is 52.0 Å². The van der Waals surface area contributed by atoms with Crippen LogP contribution in [0.4, 0.5) is 5.69 Å². The molecule has 1 saturated heterocycles. The van der Waals surface area contributed by atoms with E-state index in [2.05, 4.69) is 15.7 Å². The molecule has 0 saturated carbocycles. The Kier molecular flexibility index (Phi) is 4.02. The van der Waals surface area contributed by atoms with Gasteiger partial charge in [-0.15, -0.1) is 0 Å². The van der Waals surface area contributed by atoms with Gasteiger partial charge in [0.1, 0.15) is 12.6 Å². The number of nitrogens with one attached hydrogen (secondary N) is 2. The number of carbonyl (C=O) groups excluding carboxylic acids is 3. The molecule has 2 rings (SSSR count). The van der Waals surface area contributed by atoms with Crippen LogP contribution in [0.15, 0.2) is 12.4 Å².